The maximum atomic E-state index is 9.36. The van der Waals surface area contributed by atoms with E-state index in [1.54, 1.807) is 18.2 Å². The highest BCUT2D eigenvalue weighted by atomic mass is 16.5. The van der Waals surface area contributed by atoms with Crippen molar-refractivity contribution in [2.45, 2.75) is 25.9 Å². The lowest BCUT2D eigenvalue weighted by atomic mass is 10.1. The molecule has 0 bridgehead atoms. The van der Waals surface area contributed by atoms with Gasteiger partial charge in [-0.3, -0.25) is 0 Å². The number of phenols is 1. The molecule has 0 saturated carbocycles. The number of hydrogen-bond acceptors (Lipinski definition) is 2. The summed E-state index contributed by atoms with van der Waals surface area (Å²) in [6.07, 6.45) is 3.67. The van der Waals surface area contributed by atoms with Crippen LogP contribution in [0.4, 0.5) is 0 Å². The quantitative estimate of drug-likeness (QED) is 0.890. The van der Waals surface area contributed by atoms with Crippen molar-refractivity contribution in [2.24, 2.45) is 0 Å². The van der Waals surface area contributed by atoms with Gasteiger partial charge in [0.15, 0.2) is 0 Å². The van der Waals surface area contributed by atoms with Crippen LogP contribution in [0.25, 0.3) is 0 Å². The van der Waals surface area contributed by atoms with Crippen LogP contribution in [0, 0.1) is 0 Å². The highest BCUT2D eigenvalue weighted by molar-refractivity contribution is 5.36. The Morgan fingerprint density at radius 3 is 2.78 bits per heavy atom. The molecule has 0 amide bonds. The Bertz CT molecular complexity index is 561. The van der Waals surface area contributed by atoms with E-state index in [1.165, 1.54) is 36.0 Å². The molecule has 1 aliphatic rings. The molecule has 2 nitrogen and oxygen atoms in total. The van der Waals surface area contributed by atoms with Gasteiger partial charge in [0.1, 0.15) is 18.1 Å². The summed E-state index contributed by atoms with van der Waals surface area (Å²) in [7, 11) is 0. The molecule has 1 aliphatic carbocycles. The summed E-state index contributed by atoms with van der Waals surface area (Å²) in [4.78, 5) is 0. The van der Waals surface area contributed by atoms with Crippen molar-refractivity contribution in [3.05, 3.63) is 59.2 Å². The number of aryl methyl sites for hydroxylation is 2. The molecule has 2 heteroatoms. The fraction of sp³-hybridized carbons (Fsp3) is 0.250. The molecule has 0 radical (unpaired) electrons. The Morgan fingerprint density at radius 2 is 1.89 bits per heavy atom. The van der Waals surface area contributed by atoms with E-state index in [0.717, 1.165) is 0 Å². The lowest BCUT2D eigenvalue weighted by molar-refractivity contribution is 0.304. The van der Waals surface area contributed by atoms with E-state index >= 15 is 0 Å². The third-order valence-corrected chi connectivity index (χ3v) is 3.39. The van der Waals surface area contributed by atoms with E-state index < -0.39 is 0 Å². The molecule has 0 aliphatic heterocycles. The standard InChI is InChI=1S/C16H16O2/c17-15-5-2-6-16(10-15)18-11-12-7-8-13-3-1-4-14(13)9-12/h2,5-10,17H,1,3-4,11H2. The van der Waals surface area contributed by atoms with Crippen molar-refractivity contribution in [2.75, 3.05) is 0 Å². The maximum Gasteiger partial charge on any atom is 0.123 e. The number of hydrogen-bond donors (Lipinski definition) is 1. The predicted octanol–water partition coefficient (Wildman–Crippen LogP) is 3.46. The first-order chi connectivity index (χ1) is 8.81. The molecule has 0 unspecified atom stereocenters. The SMILES string of the molecule is Oc1cccc(OCc2ccc3c(c2)CCC3)c1. The van der Waals surface area contributed by atoms with Gasteiger partial charge in [-0.05, 0) is 48.1 Å². The second-order valence-electron chi connectivity index (χ2n) is 4.74. The van der Waals surface area contributed by atoms with Crippen molar-refractivity contribution >= 4 is 0 Å². The van der Waals surface area contributed by atoms with Crippen molar-refractivity contribution in [1.82, 2.24) is 0 Å². The third-order valence-electron chi connectivity index (χ3n) is 3.39. The van der Waals surface area contributed by atoms with E-state index in [4.69, 9.17) is 4.74 Å². The molecule has 0 heterocycles. The number of aromatic hydroxyl groups is 1. The minimum atomic E-state index is 0.237. The second kappa shape index (κ2) is 4.73. The van der Waals surface area contributed by atoms with Crippen molar-refractivity contribution in [1.29, 1.82) is 0 Å². The number of benzene rings is 2. The van der Waals surface area contributed by atoms with Gasteiger partial charge in [0.25, 0.3) is 0 Å². The molecule has 3 rings (SSSR count). The van der Waals surface area contributed by atoms with Crippen LogP contribution < -0.4 is 4.74 Å². The van der Waals surface area contributed by atoms with E-state index in [9.17, 15) is 5.11 Å². The molecule has 0 fully saturated rings. The molecular weight excluding hydrogens is 224 g/mol. The molecule has 92 valence electrons. The molecular formula is C16H16O2. The zero-order valence-electron chi connectivity index (χ0n) is 10.2. The summed E-state index contributed by atoms with van der Waals surface area (Å²) in [6, 6.07) is 13.5. The fourth-order valence-electron chi connectivity index (χ4n) is 2.45. The topological polar surface area (TPSA) is 29.5 Å². The van der Waals surface area contributed by atoms with E-state index in [1.807, 2.05) is 6.07 Å². The van der Waals surface area contributed by atoms with Gasteiger partial charge < -0.3 is 9.84 Å². The molecule has 1 N–H and O–H groups in total. The van der Waals surface area contributed by atoms with Gasteiger partial charge in [0, 0.05) is 6.07 Å². The molecule has 18 heavy (non-hydrogen) atoms. The molecule has 0 saturated heterocycles. The van der Waals surface area contributed by atoms with Gasteiger partial charge in [0.2, 0.25) is 0 Å². The average molecular weight is 240 g/mol. The smallest absolute Gasteiger partial charge is 0.123 e. The third kappa shape index (κ3) is 2.33. The lowest BCUT2D eigenvalue weighted by Gasteiger charge is -2.08. The van der Waals surface area contributed by atoms with Crippen molar-refractivity contribution in [3.8, 4) is 11.5 Å². The van der Waals surface area contributed by atoms with Gasteiger partial charge >= 0.3 is 0 Å². The van der Waals surface area contributed by atoms with Crippen LogP contribution in [0.1, 0.15) is 23.1 Å². The van der Waals surface area contributed by atoms with Crippen LogP contribution in [0.5, 0.6) is 11.5 Å². The summed E-state index contributed by atoms with van der Waals surface area (Å²) in [5.41, 5.74) is 4.14. The molecule has 2 aromatic carbocycles. The Morgan fingerprint density at radius 1 is 1.00 bits per heavy atom. The first kappa shape index (κ1) is 11.1. The largest absolute Gasteiger partial charge is 0.508 e. The minimum absolute atomic E-state index is 0.237. The summed E-state index contributed by atoms with van der Waals surface area (Å²) < 4.78 is 5.67. The minimum Gasteiger partial charge on any atom is -0.508 e. The maximum absolute atomic E-state index is 9.36. The molecule has 0 atom stereocenters. The van der Waals surface area contributed by atoms with Crippen LogP contribution in [-0.4, -0.2) is 5.11 Å². The molecule has 2 aromatic rings. The number of fused-ring (bicyclic) bond motifs is 1. The van der Waals surface area contributed by atoms with Gasteiger partial charge in [-0.25, -0.2) is 0 Å². The summed E-state index contributed by atoms with van der Waals surface area (Å²) >= 11 is 0. The second-order valence-corrected chi connectivity index (χ2v) is 4.74. The molecule has 0 spiro atoms. The van der Waals surface area contributed by atoms with Crippen LogP contribution >= 0.6 is 0 Å². The summed E-state index contributed by atoms with van der Waals surface area (Å²) in [5.74, 6) is 0.942. The zero-order valence-corrected chi connectivity index (χ0v) is 10.2. The lowest BCUT2D eigenvalue weighted by Crippen LogP contribution is -1.96. The molecule has 0 aromatic heterocycles. The Hall–Kier alpha value is -1.96. The number of rotatable bonds is 3. The van der Waals surface area contributed by atoms with Crippen LogP contribution in [0.3, 0.4) is 0 Å². The Balaban J connectivity index is 1.70. The van der Waals surface area contributed by atoms with Crippen LogP contribution in [0.2, 0.25) is 0 Å². The summed E-state index contributed by atoms with van der Waals surface area (Å²) in [5, 5.41) is 9.36. The van der Waals surface area contributed by atoms with E-state index in [-0.39, 0.29) is 5.75 Å². The first-order valence-electron chi connectivity index (χ1n) is 6.34. The van der Waals surface area contributed by atoms with E-state index in [0.29, 0.717) is 12.4 Å². The highest BCUT2D eigenvalue weighted by Crippen LogP contribution is 2.24. The van der Waals surface area contributed by atoms with Crippen molar-refractivity contribution in [3.63, 3.8) is 0 Å². The number of ether oxygens (including phenoxy) is 1. The van der Waals surface area contributed by atoms with Gasteiger partial charge in [-0.15, -0.1) is 0 Å². The van der Waals surface area contributed by atoms with Crippen LogP contribution in [0.15, 0.2) is 42.5 Å². The monoisotopic (exact) mass is 240 g/mol. The van der Waals surface area contributed by atoms with Gasteiger partial charge in [-0.2, -0.15) is 0 Å². The Labute approximate surface area is 107 Å². The predicted molar refractivity (Wildman–Crippen MR) is 70.9 cm³/mol. The normalized spacial score (nSPS) is 13.3. The van der Waals surface area contributed by atoms with Crippen LogP contribution in [-0.2, 0) is 19.4 Å². The highest BCUT2D eigenvalue weighted by Gasteiger charge is 2.10. The zero-order chi connectivity index (χ0) is 12.4. The van der Waals surface area contributed by atoms with E-state index in [2.05, 4.69) is 18.2 Å². The van der Waals surface area contributed by atoms with Crippen molar-refractivity contribution < 1.29 is 9.84 Å². The van der Waals surface area contributed by atoms with Gasteiger partial charge in [0.05, 0.1) is 0 Å². The number of phenolic OH excluding ortho intramolecular Hbond substituents is 1. The first-order valence-corrected chi connectivity index (χ1v) is 6.34. The summed E-state index contributed by atoms with van der Waals surface area (Å²) in [6.45, 7) is 0.552. The van der Waals surface area contributed by atoms with Gasteiger partial charge in [-0.1, -0.05) is 24.3 Å². The fourth-order valence-corrected chi connectivity index (χ4v) is 2.45. The Kier molecular flexibility index (Phi) is 2.93. The average Bonchev–Trinajstić information content (AvgIpc) is 2.84.